The molecule has 3 aromatic rings. The summed E-state index contributed by atoms with van der Waals surface area (Å²) in [5.41, 5.74) is 6.82. The third kappa shape index (κ3) is 4.20. The predicted molar refractivity (Wildman–Crippen MR) is 96.9 cm³/mol. The summed E-state index contributed by atoms with van der Waals surface area (Å²) in [6, 6.07) is 5.15. The van der Waals surface area contributed by atoms with Gasteiger partial charge in [0.2, 0.25) is 5.91 Å². The molecule has 0 fully saturated rings. The minimum atomic E-state index is -0.551. The first-order valence-corrected chi connectivity index (χ1v) is 9.09. The van der Waals surface area contributed by atoms with E-state index in [2.05, 4.69) is 15.3 Å². The number of thiazole rings is 1. The number of ketones is 1. The van der Waals surface area contributed by atoms with Crippen molar-refractivity contribution < 1.29 is 14.4 Å². The Kier molecular flexibility index (Phi) is 5.05. The van der Waals surface area contributed by atoms with E-state index in [4.69, 9.17) is 5.73 Å². The van der Waals surface area contributed by atoms with Crippen molar-refractivity contribution in [1.82, 2.24) is 9.97 Å². The second kappa shape index (κ2) is 7.41. The van der Waals surface area contributed by atoms with Crippen LogP contribution in [0.3, 0.4) is 0 Å². The van der Waals surface area contributed by atoms with E-state index in [0.717, 1.165) is 0 Å². The molecule has 0 aromatic carbocycles. The van der Waals surface area contributed by atoms with Crippen LogP contribution >= 0.6 is 22.7 Å². The molecule has 0 saturated carbocycles. The molecule has 0 aliphatic carbocycles. The molecule has 0 saturated heterocycles. The molecule has 3 rings (SSSR count). The van der Waals surface area contributed by atoms with Gasteiger partial charge in [0, 0.05) is 30.0 Å². The number of hydrogen-bond acceptors (Lipinski definition) is 6. The molecule has 4 N–H and O–H groups in total. The van der Waals surface area contributed by atoms with Gasteiger partial charge in [0.05, 0.1) is 10.6 Å². The molecule has 0 aliphatic heterocycles. The average molecular weight is 374 g/mol. The zero-order valence-corrected chi connectivity index (χ0v) is 14.6. The number of nitrogens with zero attached hydrogens (tertiary/aromatic N) is 1. The van der Waals surface area contributed by atoms with Crippen LogP contribution in [0.25, 0.3) is 11.3 Å². The number of hydrogen-bond donors (Lipinski definition) is 3. The monoisotopic (exact) mass is 374 g/mol. The Hall–Kier alpha value is -2.78. The fourth-order valence-corrected chi connectivity index (χ4v) is 3.55. The second-order valence-corrected chi connectivity index (χ2v) is 6.96. The maximum atomic E-state index is 12.0. The zero-order valence-electron chi connectivity index (χ0n) is 12.9. The van der Waals surface area contributed by atoms with E-state index in [1.54, 1.807) is 29.8 Å². The number of thiophene rings is 1. The first-order chi connectivity index (χ1) is 12.0. The number of rotatable bonds is 7. The van der Waals surface area contributed by atoms with Crippen molar-refractivity contribution in [2.24, 2.45) is 5.73 Å². The third-order valence-electron chi connectivity index (χ3n) is 3.37. The Bertz CT molecular complexity index is 912. The molecule has 0 radical (unpaired) electrons. The smallest absolute Gasteiger partial charge is 0.265 e. The fourth-order valence-electron chi connectivity index (χ4n) is 2.12. The number of anilines is 1. The van der Waals surface area contributed by atoms with Gasteiger partial charge in [-0.3, -0.25) is 14.4 Å². The van der Waals surface area contributed by atoms with E-state index in [1.165, 1.54) is 22.7 Å². The lowest BCUT2D eigenvalue weighted by molar-refractivity contribution is -0.116. The molecule has 3 heterocycles. The van der Waals surface area contributed by atoms with Crippen molar-refractivity contribution >= 4 is 45.4 Å². The number of carbonyl (C=O) groups excluding carboxylic acids is 3. The largest absolute Gasteiger partial charge is 0.364 e. The molecule has 0 aliphatic rings. The van der Waals surface area contributed by atoms with Crippen LogP contribution in [0.2, 0.25) is 0 Å². The van der Waals surface area contributed by atoms with Gasteiger partial charge in [-0.1, -0.05) is 6.07 Å². The lowest BCUT2D eigenvalue weighted by atomic mass is 10.2. The Balaban J connectivity index is 1.56. The highest BCUT2D eigenvalue weighted by molar-refractivity contribution is 7.14. The summed E-state index contributed by atoms with van der Waals surface area (Å²) >= 11 is 2.63. The van der Waals surface area contributed by atoms with E-state index in [0.29, 0.717) is 27.0 Å². The van der Waals surface area contributed by atoms with Crippen LogP contribution in [0.1, 0.15) is 33.0 Å². The Labute approximate surface area is 150 Å². The quantitative estimate of drug-likeness (QED) is 0.551. The first kappa shape index (κ1) is 17.1. The number of aromatic amines is 1. The molecule has 128 valence electrons. The van der Waals surface area contributed by atoms with Crippen LogP contribution in [0.5, 0.6) is 0 Å². The average Bonchev–Trinajstić information content (AvgIpc) is 3.31. The molecule has 3 aromatic heterocycles. The van der Waals surface area contributed by atoms with E-state index in [1.807, 2.05) is 5.38 Å². The van der Waals surface area contributed by atoms with Crippen molar-refractivity contribution in [3.63, 3.8) is 0 Å². The van der Waals surface area contributed by atoms with Gasteiger partial charge in [0.1, 0.15) is 5.69 Å². The Morgan fingerprint density at radius 3 is 2.76 bits per heavy atom. The predicted octanol–water partition coefficient (Wildman–Crippen LogP) is 2.90. The highest BCUT2D eigenvalue weighted by atomic mass is 32.1. The van der Waals surface area contributed by atoms with Crippen molar-refractivity contribution in [2.45, 2.75) is 12.8 Å². The SMILES string of the molecule is NC(=O)c1cc(-c2csc(NC(=O)CCC(=O)c3cccs3)n2)c[nH]1. The highest BCUT2D eigenvalue weighted by Crippen LogP contribution is 2.25. The second-order valence-electron chi connectivity index (χ2n) is 5.15. The van der Waals surface area contributed by atoms with Gasteiger partial charge < -0.3 is 16.0 Å². The minimum absolute atomic E-state index is 0.0451. The maximum absolute atomic E-state index is 12.0. The van der Waals surface area contributed by atoms with Gasteiger partial charge in [-0.15, -0.1) is 22.7 Å². The lowest BCUT2D eigenvalue weighted by Gasteiger charge is -2.00. The summed E-state index contributed by atoms with van der Waals surface area (Å²) in [6.07, 6.45) is 1.88. The van der Waals surface area contributed by atoms with Crippen molar-refractivity contribution in [3.05, 3.63) is 45.7 Å². The van der Waals surface area contributed by atoms with Crippen LogP contribution in [0.15, 0.2) is 35.2 Å². The number of Topliss-reactive ketones (excluding diaryl/α,β-unsaturated/α-hetero) is 1. The molecular formula is C16H14N4O3S2. The van der Waals surface area contributed by atoms with Gasteiger partial charge in [-0.2, -0.15) is 0 Å². The zero-order chi connectivity index (χ0) is 17.8. The van der Waals surface area contributed by atoms with Crippen LogP contribution in [0.4, 0.5) is 5.13 Å². The van der Waals surface area contributed by atoms with Crippen LogP contribution < -0.4 is 11.1 Å². The molecule has 0 spiro atoms. The number of nitrogens with two attached hydrogens (primary N) is 1. The lowest BCUT2D eigenvalue weighted by Crippen LogP contribution is -2.13. The standard InChI is InChI=1S/C16H14N4O3S2/c17-15(23)10-6-9(7-18-10)11-8-25-16(19-11)20-14(22)4-3-12(21)13-2-1-5-24-13/h1-2,5-8,18H,3-4H2,(H2,17,23)(H,19,20,22). The first-order valence-electron chi connectivity index (χ1n) is 7.33. The van der Waals surface area contributed by atoms with E-state index in [-0.39, 0.29) is 24.5 Å². The Morgan fingerprint density at radius 2 is 2.08 bits per heavy atom. The van der Waals surface area contributed by atoms with Gasteiger partial charge in [-0.25, -0.2) is 4.98 Å². The molecule has 25 heavy (non-hydrogen) atoms. The van der Waals surface area contributed by atoms with Crippen molar-refractivity contribution in [2.75, 3.05) is 5.32 Å². The maximum Gasteiger partial charge on any atom is 0.265 e. The molecule has 0 unspecified atom stereocenters. The van der Waals surface area contributed by atoms with Crippen LogP contribution in [-0.2, 0) is 4.79 Å². The van der Waals surface area contributed by atoms with Crippen molar-refractivity contribution in [3.8, 4) is 11.3 Å². The van der Waals surface area contributed by atoms with Gasteiger partial charge in [0.15, 0.2) is 10.9 Å². The Morgan fingerprint density at radius 1 is 1.24 bits per heavy atom. The van der Waals surface area contributed by atoms with Gasteiger partial charge in [0.25, 0.3) is 5.91 Å². The van der Waals surface area contributed by atoms with Gasteiger partial charge >= 0.3 is 0 Å². The topological polar surface area (TPSA) is 118 Å². The van der Waals surface area contributed by atoms with Crippen LogP contribution in [-0.4, -0.2) is 27.6 Å². The summed E-state index contributed by atoms with van der Waals surface area (Å²) in [4.78, 5) is 42.7. The number of amides is 2. The summed E-state index contributed by atoms with van der Waals surface area (Å²) in [7, 11) is 0. The summed E-state index contributed by atoms with van der Waals surface area (Å²) < 4.78 is 0. The third-order valence-corrected chi connectivity index (χ3v) is 5.04. The normalized spacial score (nSPS) is 10.6. The molecule has 7 nitrogen and oxygen atoms in total. The fraction of sp³-hybridized carbons (Fsp3) is 0.125. The van der Waals surface area contributed by atoms with Crippen LogP contribution in [0, 0.1) is 0 Å². The number of H-pyrrole nitrogens is 1. The number of primary amides is 1. The molecular weight excluding hydrogens is 360 g/mol. The number of aromatic nitrogens is 2. The molecule has 0 bridgehead atoms. The summed E-state index contributed by atoms with van der Waals surface area (Å²) in [5.74, 6) is -0.862. The minimum Gasteiger partial charge on any atom is -0.364 e. The summed E-state index contributed by atoms with van der Waals surface area (Å²) in [5, 5.41) is 6.71. The molecule has 9 heteroatoms. The van der Waals surface area contributed by atoms with E-state index in [9.17, 15) is 14.4 Å². The van der Waals surface area contributed by atoms with Crippen molar-refractivity contribution in [1.29, 1.82) is 0 Å². The molecule has 0 atom stereocenters. The van der Waals surface area contributed by atoms with E-state index >= 15 is 0 Å². The summed E-state index contributed by atoms with van der Waals surface area (Å²) in [6.45, 7) is 0. The van der Waals surface area contributed by atoms with Gasteiger partial charge in [-0.05, 0) is 17.5 Å². The number of carbonyl (C=O) groups is 3. The van der Waals surface area contributed by atoms with E-state index < -0.39 is 5.91 Å². The number of nitrogens with one attached hydrogen (secondary N) is 2. The molecule has 2 amide bonds. The highest BCUT2D eigenvalue weighted by Gasteiger charge is 2.13.